The van der Waals surface area contributed by atoms with Gasteiger partial charge in [0.15, 0.2) is 5.96 Å². The molecule has 7 heteroatoms. The zero-order valence-electron chi connectivity index (χ0n) is 12.7. The molecule has 3 rings (SSSR count). The zero-order chi connectivity index (χ0) is 14.7. The van der Waals surface area contributed by atoms with Crippen LogP contribution in [-0.4, -0.2) is 33.6 Å². The Hall–Kier alpha value is -1.64. The van der Waals surface area contributed by atoms with Crippen LogP contribution >= 0.6 is 24.0 Å². The Balaban J connectivity index is 0.00000176. The molecule has 0 radical (unpaired) electrons. The zero-order valence-corrected chi connectivity index (χ0v) is 15.1. The van der Waals surface area contributed by atoms with E-state index in [1.165, 1.54) is 6.42 Å². The molecule has 6 nitrogen and oxygen atoms in total. The molecule has 1 saturated carbocycles. The van der Waals surface area contributed by atoms with E-state index in [0.717, 1.165) is 23.3 Å². The molecule has 0 amide bonds. The van der Waals surface area contributed by atoms with Gasteiger partial charge >= 0.3 is 0 Å². The standard InChI is InChI=1S/C15H20N6.HI/c1-11-7-13(11)20-15(16-2)19-9-12-3-4-14(18-8-12)21-6-5-17-10-21;/h3-6,8,10-11,13H,7,9H2,1-2H3,(H2,16,19,20);1H. The lowest BCUT2D eigenvalue weighted by atomic mass is 10.3. The van der Waals surface area contributed by atoms with Gasteiger partial charge < -0.3 is 10.6 Å². The summed E-state index contributed by atoms with van der Waals surface area (Å²) in [5, 5.41) is 6.71. The number of rotatable bonds is 4. The number of pyridine rings is 1. The van der Waals surface area contributed by atoms with Crippen molar-refractivity contribution in [3.05, 3.63) is 42.6 Å². The lowest BCUT2D eigenvalue weighted by Gasteiger charge is -2.11. The quantitative estimate of drug-likeness (QED) is 0.458. The Morgan fingerprint density at radius 1 is 1.45 bits per heavy atom. The van der Waals surface area contributed by atoms with Gasteiger partial charge in [0.1, 0.15) is 12.1 Å². The minimum atomic E-state index is 0. The van der Waals surface area contributed by atoms with Gasteiger partial charge in [0.25, 0.3) is 0 Å². The van der Waals surface area contributed by atoms with E-state index in [-0.39, 0.29) is 24.0 Å². The van der Waals surface area contributed by atoms with Crippen molar-refractivity contribution in [1.29, 1.82) is 0 Å². The Labute approximate surface area is 147 Å². The smallest absolute Gasteiger partial charge is 0.191 e. The molecular weight excluding hydrogens is 391 g/mol. The molecule has 1 fully saturated rings. The van der Waals surface area contributed by atoms with Crippen LogP contribution in [0.3, 0.4) is 0 Å². The second kappa shape index (κ2) is 7.57. The van der Waals surface area contributed by atoms with E-state index < -0.39 is 0 Å². The molecule has 2 unspecified atom stereocenters. The molecule has 2 atom stereocenters. The Morgan fingerprint density at radius 3 is 2.82 bits per heavy atom. The highest BCUT2D eigenvalue weighted by molar-refractivity contribution is 14.0. The van der Waals surface area contributed by atoms with E-state index in [9.17, 15) is 0 Å². The van der Waals surface area contributed by atoms with Crippen molar-refractivity contribution in [3.8, 4) is 5.82 Å². The maximum absolute atomic E-state index is 4.43. The molecular formula is C15H21IN6. The highest BCUT2D eigenvalue weighted by Crippen LogP contribution is 2.28. The molecule has 1 aliphatic rings. The first-order valence-electron chi connectivity index (χ1n) is 7.16. The van der Waals surface area contributed by atoms with E-state index >= 15 is 0 Å². The summed E-state index contributed by atoms with van der Waals surface area (Å²) >= 11 is 0. The van der Waals surface area contributed by atoms with Gasteiger partial charge in [0.05, 0.1) is 0 Å². The Kier molecular flexibility index (Phi) is 5.76. The lowest BCUT2D eigenvalue weighted by Crippen LogP contribution is -2.38. The Bertz CT molecular complexity index is 607. The van der Waals surface area contributed by atoms with Crippen LogP contribution in [0, 0.1) is 5.92 Å². The number of aromatic nitrogens is 3. The molecule has 0 spiro atoms. The summed E-state index contributed by atoms with van der Waals surface area (Å²) in [4.78, 5) is 12.7. The first-order chi connectivity index (χ1) is 10.3. The van der Waals surface area contributed by atoms with Crippen LogP contribution in [0.5, 0.6) is 0 Å². The topological polar surface area (TPSA) is 67.1 Å². The Morgan fingerprint density at radius 2 is 2.27 bits per heavy atom. The number of imidazole rings is 1. The van der Waals surface area contributed by atoms with Gasteiger partial charge in [-0.2, -0.15) is 0 Å². The number of hydrogen-bond acceptors (Lipinski definition) is 3. The fourth-order valence-corrected chi connectivity index (χ4v) is 2.15. The van der Waals surface area contributed by atoms with Crippen LogP contribution in [0.15, 0.2) is 42.0 Å². The van der Waals surface area contributed by atoms with Gasteiger partial charge in [-0.05, 0) is 24.0 Å². The normalized spacial score (nSPS) is 20.2. The van der Waals surface area contributed by atoms with Gasteiger partial charge in [-0.15, -0.1) is 24.0 Å². The number of hydrogen-bond donors (Lipinski definition) is 2. The number of nitrogens with one attached hydrogen (secondary N) is 2. The van der Waals surface area contributed by atoms with Crippen molar-refractivity contribution < 1.29 is 0 Å². The maximum Gasteiger partial charge on any atom is 0.191 e. The van der Waals surface area contributed by atoms with Crippen LogP contribution in [-0.2, 0) is 6.54 Å². The molecule has 118 valence electrons. The summed E-state index contributed by atoms with van der Waals surface area (Å²) < 4.78 is 1.88. The molecule has 2 aromatic rings. The minimum Gasteiger partial charge on any atom is -0.353 e. The average molecular weight is 412 g/mol. The molecule has 22 heavy (non-hydrogen) atoms. The second-order valence-electron chi connectivity index (χ2n) is 5.38. The first-order valence-corrected chi connectivity index (χ1v) is 7.16. The van der Waals surface area contributed by atoms with Crippen LogP contribution in [0.25, 0.3) is 5.82 Å². The van der Waals surface area contributed by atoms with Gasteiger partial charge in [-0.25, -0.2) is 9.97 Å². The van der Waals surface area contributed by atoms with Crippen LogP contribution in [0.2, 0.25) is 0 Å². The van der Waals surface area contributed by atoms with Crippen molar-refractivity contribution in [1.82, 2.24) is 25.2 Å². The van der Waals surface area contributed by atoms with Crippen molar-refractivity contribution in [3.63, 3.8) is 0 Å². The van der Waals surface area contributed by atoms with E-state index in [4.69, 9.17) is 0 Å². The van der Waals surface area contributed by atoms with Crippen LogP contribution < -0.4 is 10.6 Å². The predicted molar refractivity (Wildman–Crippen MR) is 97.7 cm³/mol. The summed E-state index contributed by atoms with van der Waals surface area (Å²) in [6.45, 7) is 2.95. The number of halogens is 1. The second-order valence-corrected chi connectivity index (χ2v) is 5.38. The van der Waals surface area contributed by atoms with Gasteiger partial charge in [-0.1, -0.05) is 13.0 Å². The molecule has 2 aromatic heterocycles. The number of nitrogens with zero attached hydrogens (tertiary/aromatic N) is 4. The van der Waals surface area contributed by atoms with E-state index in [1.54, 1.807) is 19.6 Å². The molecule has 2 heterocycles. The average Bonchev–Trinajstić information content (AvgIpc) is 2.99. The summed E-state index contributed by atoms with van der Waals surface area (Å²) in [5.74, 6) is 2.47. The number of aliphatic imine (C=N–C) groups is 1. The molecule has 1 aliphatic carbocycles. The highest BCUT2D eigenvalue weighted by atomic mass is 127. The number of guanidine groups is 1. The third-order valence-corrected chi connectivity index (χ3v) is 3.69. The molecule has 2 N–H and O–H groups in total. The molecule has 0 saturated heterocycles. The van der Waals surface area contributed by atoms with Crippen LogP contribution in [0.4, 0.5) is 0 Å². The predicted octanol–water partition coefficient (Wildman–Crippen LogP) is 1.96. The van der Waals surface area contributed by atoms with Gasteiger partial charge in [-0.3, -0.25) is 9.56 Å². The SMILES string of the molecule is CN=C(NCc1ccc(-n2ccnc2)nc1)NC1CC1C.I. The fraction of sp³-hybridized carbons (Fsp3) is 0.400. The van der Waals surface area contributed by atoms with Crippen LogP contribution in [0.1, 0.15) is 18.9 Å². The summed E-state index contributed by atoms with van der Waals surface area (Å²) in [7, 11) is 1.79. The summed E-state index contributed by atoms with van der Waals surface area (Å²) in [5.41, 5.74) is 1.12. The van der Waals surface area contributed by atoms with E-state index in [0.29, 0.717) is 12.6 Å². The molecule has 0 aliphatic heterocycles. The van der Waals surface area contributed by atoms with Crippen molar-refractivity contribution in [2.45, 2.75) is 25.9 Å². The van der Waals surface area contributed by atoms with Gasteiger partial charge in [0, 0.05) is 38.2 Å². The van der Waals surface area contributed by atoms with E-state index in [1.807, 2.05) is 23.0 Å². The largest absolute Gasteiger partial charge is 0.353 e. The fourth-order valence-electron chi connectivity index (χ4n) is 2.15. The first kappa shape index (κ1) is 16.7. The highest BCUT2D eigenvalue weighted by Gasteiger charge is 2.33. The third kappa shape index (κ3) is 4.19. The van der Waals surface area contributed by atoms with E-state index in [2.05, 4.69) is 38.6 Å². The van der Waals surface area contributed by atoms with Crippen molar-refractivity contribution in [2.24, 2.45) is 10.9 Å². The minimum absolute atomic E-state index is 0. The summed E-state index contributed by atoms with van der Waals surface area (Å²) in [6.07, 6.45) is 8.45. The van der Waals surface area contributed by atoms with Crippen molar-refractivity contribution in [2.75, 3.05) is 7.05 Å². The molecule has 0 aromatic carbocycles. The third-order valence-electron chi connectivity index (χ3n) is 3.69. The monoisotopic (exact) mass is 412 g/mol. The van der Waals surface area contributed by atoms with Gasteiger partial charge in [0.2, 0.25) is 0 Å². The van der Waals surface area contributed by atoms with Crippen molar-refractivity contribution >= 4 is 29.9 Å². The summed E-state index contributed by atoms with van der Waals surface area (Å²) in [6, 6.07) is 4.61. The lowest BCUT2D eigenvalue weighted by molar-refractivity contribution is 0.762. The molecule has 0 bridgehead atoms. The maximum atomic E-state index is 4.43.